The average molecular weight is 415 g/mol. The molecular formula is C25H50O4. The number of hydrogen-bond acceptors (Lipinski definition) is 4. The van der Waals surface area contributed by atoms with E-state index in [-0.39, 0.29) is 11.2 Å². The fourth-order valence-electron chi connectivity index (χ4n) is 4.06. The van der Waals surface area contributed by atoms with Crippen molar-refractivity contribution in [1.82, 2.24) is 0 Å². The fraction of sp³-hybridized carbons (Fsp3) is 1.00. The molecule has 0 amide bonds. The number of hydrogen-bond donors (Lipinski definition) is 0. The van der Waals surface area contributed by atoms with Gasteiger partial charge in [-0.25, -0.2) is 9.78 Å². The minimum Gasteiger partial charge on any atom is -0.228 e. The second kappa shape index (κ2) is 13.3. The van der Waals surface area contributed by atoms with Crippen LogP contribution in [-0.4, -0.2) is 17.0 Å². The lowest BCUT2D eigenvalue weighted by molar-refractivity contribution is -0.549. The summed E-state index contributed by atoms with van der Waals surface area (Å²) in [6.07, 6.45) is 15.5. The van der Waals surface area contributed by atoms with E-state index in [2.05, 4.69) is 48.5 Å². The van der Waals surface area contributed by atoms with Gasteiger partial charge >= 0.3 is 0 Å². The fourth-order valence-corrected chi connectivity index (χ4v) is 4.06. The van der Waals surface area contributed by atoms with Gasteiger partial charge in [0.05, 0.1) is 11.2 Å². The molecule has 1 rings (SSSR count). The quantitative estimate of drug-likeness (QED) is 0.110. The first-order valence-electron chi connectivity index (χ1n) is 12.4. The zero-order valence-corrected chi connectivity index (χ0v) is 20.6. The summed E-state index contributed by atoms with van der Waals surface area (Å²) < 4.78 is 0. The van der Waals surface area contributed by atoms with Gasteiger partial charge in [-0.1, -0.05) is 72.1 Å². The minimum atomic E-state index is -0.783. The summed E-state index contributed by atoms with van der Waals surface area (Å²) in [6.45, 7) is 15.1. The second-order valence-electron chi connectivity index (χ2n) is 10.4. The molecule has 29 heavy (non-hydrogen) atoms. The highest BCUT2D eigenvalue weighted by Gasteiger charge is 2.42. The molecule has 4 nitrogen and oxygen atoms in total. The van der Waals surface area contributed by atoms with Gasteiger partial charge in [-0.2, -0.15) is 9.78 Å². The van der Waals surface area contributed by atoms with Crippen LogP contribution in [0.3, 0.4) is 0 Å². The Balaban J connectivity index is 2.67. The van der Waals surface area contributed by atoms with Crippen LogP contribution in [0.2, 0.25) is 0 Å². The molecule has 0 bridgehead atoms. The maximum absolute atomic E-state index is 6.07. The first kappa shape index (κ1) is 26.9. The third kappa shape index (κ3) is 11.1. The SMILES string of the molecule is CCCCCC(C)(C)OOC1(OOC(C)(C)CCCCC)CCC(CCC)CC1. The summed E-state index contributed by atoms with van der Waals surface area (Å²) in [5, 5.41) is 0. The van der Waals surface area contributed by atoms with Crippen LogP contribution in [0.5, 0.6) is 0 Å². The minimum absolute atomic E-state index is 0.317. The zero-order chi connectivity index (χ0) is 21.8. The predicted molar refractivity (Wildman–Crippen MR) is 120 cm³/mol. The van der Waals surface area contributed by atoms with Crippen LogP contribution in [0, 0.1) is 5.92 Å². The van der Waals surface area contributed by atoms with Gasteiger partial charge in [0.15, 0.2) is 0 Å². The molecule has 1 saturated carbocycles. The molecule has 4 heteroatoms. The topological polar surface area (TPSA) is 36.9 Å². The summed E-state index contributed by atoms with van der Waals surface area (Å²) in [6, 6.07) is 0. The lowest BCUT2D eigenvalue weighted by Crippen LogP contribution is -2.44. The number of unbranched alkanes of at least 4 members (excludes halogenated alkanes) is 4. The van der Waals surface area contributed by atoms with Crippen LogP contribution in [0.15, 0.2) is 0 Å². The molecule has 0 heterocycles. The van der Waals surface area contributed by atoms with E-state index in [0.717, 1.165) is 57.3 Å². The van der Waals surface area contributed by atoms with E-state index >= 15 is 0 Å². The second-order valence-corrected chi connectivity index (χ2v) is 10.4. The Hall–Kier alpha value is -0.160. The van der Waals surface area contributed by atoms with Crippen molar-refractivity contribution in [3.63, 3.8) is 0 Å². The van der Waals surface area contributed by atoms with E-state index in [0.29, 0.717) is 0 Å². The maximum Gasteiger partial charge on any atom is 0.234 e. The highest BCUT2D eigenvalue weighted by atomic mass is 17.3. The van der Waals surface area contributed by atoms with Crippen LogP contribution in [0.4, 0.5) is 0 Å². The molecule has 0 aromatic carbocycles. The lowest BCUT2D eigenvalue weighted by atomic mass is 9.83. The lowest BCUT2D eigenvalue weighted by Gasteiger charge is -2.40. The molecule has 0 aromatic heterocycles. The van der Waals surface area contributed by atoms with Crippen molar-refractivity contribution in [3.05, 3.63) is 0 Å². The predicted octanol–water partition coefficient (Wildman–Crippen LogP) is 8.29. The van der Waals surface area contributed by atoms with Gasteiger partial charge in [0.1, 0.15) is 0 Å². The van der Waals surface area contributed by atoms with Crippen LogP contribution in [0.25, 0.3) is 0 Å². The molecule has 0 unspecified atom stereocenters. The molecule has 0 atom stereocenters. The maximum atomic E-state index is 6.07. The first-order valence-corrected chi connectivity index (χ1v) is 12.4. The molecule has 1 fully saturated rings. The van der Waals surface area contributed by atoms with Crippen molar-refractivity contribution in [2.45, 2.75) is 155 Å². The molecule has 0 aliphatic heterocycles. The summed E-state index contributed by atoms with van der Waals surface area (Å²) in [4.78, 5) is 24.1. The largest absolute Gasteiger partial charge is 0.234 e. The van der Waals surface area contributed by atoms with Gasteiger partial charge in [-0.15, -0.1) is 0 Å². The molecule has 1 aliphatic rings. The van der Waals surface area contributed by atoms with Gasteiger partial charge in [-0.05, 0) is 59.3 Å². The van der Waals surface area contributed by atoms with Crippen LogP contribution in [0.1, 0.15) is 138 Å². The molecule has 0 radical (unpaired) electrons. The number of rotatable bonds is 16. The average Bonchev–Trinajstić information content (AvgIpc) is 2.67. The van der Waals surface area contributed by atoms with Crippen molar-refractivity contribution >= 4 is 0 Å². The van der Waals surface area contributed by atoms with Gasteiger partial charge < -0.3 is 0 Å². The van der Waals surface area contributed by atoms with Crippen LogP contribution in [-0.2, 0) is 19.6 Å². The van der Waals surface area contributed by atoms with Gasteiger partial charge in [0.25, 0.3) is 0 Å². The Kier molecular flexibility index (Phi) is 12.3. The Bertz CT molecular complexity index is 383. The van der Waals surface area contributed by atoms with Gasteiger partial charge in [0.2, 0.25) is 5.79 Å². The van der Waals surface area contributed by atoms with Gasteiger partial charge in [0, 0.05) is 12.8 Å². The Labute approximate surface area is 181 Å². The molecule has 1 aliphatic carbocycles. The van der Waals surface area contributed by atoms with E-state index in [1.807, 2.05) is 0 Å². The van der Waals surface area contributed by atoms with Crippen molar-refractivity contribution in [2.24, 2.45) is 5.92 Å². The highest BCUT2D eigenvalue weighted by molar-refractivity contribution is 4.79. The monoisotopic (exact) mass is 414 g/mol. The van der Waals surface area contributed by atoms with E-state index < -0.39 is 5.79 Å². The van der Waals surface area contributed by atoms with Crippen molar-refractivity contribution in [1.29, 1.82) is 0 Å². The molecule has 0 spiro atoms. The zero-order valence-electron chi connectivity index (χ0n) is 20.6. The van der Waals surface area contributed by atoms with E-state index in [1.54, 1.807) is 0 Å². The Morgan fingerprint density at radius 1 is 0.690 bits per heavy atom. The standard InChI is InChI=1S/C25H50O4/c1-8-11-13-18-23(4,5)26-28-25(20-16-22(15-10-3)17-21-25)29-27-24(6,7)19-14-12-9-2/h22H,8-21H2,1-7H3. The summed E-state index contributed by atoms with van der Waals surface area (Å²) in [7, 11) is 0. The van der Waals surface area contributed by atoms with Crippen molar-refractivity contribution in [2.75, 3.05) is 0 Å². The molecule has 0 N–H and O–H groups in total. The summed E-state index contributed by atoms with van der Waals surface area (Å²) in [5.41, 5.74) is -0.634. The van der Waals surface area contributed by atoms with Crippen LogP contribution < -0.4 is 0 Å². The Morgan fingerprint density at radius 3 is 1.52 bits per heavy atom. The van der Waals surface area contributed by atoms with E-state index in [9.17, 15) is 0 Å². The van der Waals surface area contributed by atoms with Crippen molar-refractivity contribution in [3.8, 4) is 0 Å². The van der Waals surface area contributed by atoms with Crippen molar-refractivity contribution < 1.29 is 19.6 Å². The Morgan fingerprint density at radius 2 is 1.14 bits per heavy atom. The third-order valence-electron chi connectivity index (χ3n) is 6.17. The smallest absolute Gasteiger partial charge is 0.228 e. The molecule has 0 aromatic rings. The molecule has 0 saturated heterocycles. The molecular weight excluding hydrogens is 364 g/mol. The normalized spacial score (nSPS) is 18.3. The highest BCUT2D eigenvalue weighted by Crippen LogP contribution is 2.40. The first-order chi connectivity index (χ1) is 13.7. The third-order valence-corrected chi connectivity index (χ3v) is 6.17. The van der Waals surface area contributed by atoms with Crippen LogP contribution >= 0.6 is 0 Å². The molecule has 174 valence electrons. The van der Waals surface area contributed by atoms with E-state index in [4.69, 9.17) is 19.6 Å². The summed E-state index contributed by atoms with van der Waals surface area (Å²) in [5.74, 6) is -0.0238. The van der Waals surface area contributed by atoms with Gasteiger partial charge in [-0.3, -0.25) is 0 Å². The van der Waals surface area contributed by atoms with E-state index in [1.165, 1.54) is 38.5 Å². The summed E-state index contributed by atoms with van der Waals surface area (Å²) >= 11 is 0.